The van der Waals surface area contributed by atoms with Crippen LogP contribution in [0.1, 0.15) is 29.7 Å². The first-order valence-electron chi connectivity index (χ1n) is 9.44. The minimum Gasteiger partial charge on any atom is -0.487 e. The first kappa shape index (κ1) is 17.2. The molecule has 2 N–H and O–H groups in total. The highest BCUT2D eigenvalue weighted by molar-refractivity contribution is 5.51. The number of benzene rings is 1. The van der Waals surface area contributed by atoms with E-state index in [1.165, 1.54) is 12.0 Å². The molecule has 0 bridgehead atoms. The monoisotopic (exact) mass is 354 g/mol. The van der Waals surface area contributed by atoms with Crippen LogP contribution in [0.2, 0.25) is 0 Å². The normalized spacial score (nSPS) is 19.8. The Morgan fingerprint density at radius 2 is 2.19 bits per heavy atom. The lowest BCUT2D eigenvalue weighted by Crippen LogP contribution is -2.39. The first-order chi connectivity index (χ1) is 12.8. The number of piperidine rings is 1. The third kappa shape index (κ3) is 3.81. The molecule has 0 saturated carbocycles. The van der Waals surface area contributed by atoms with Gasteiger partial charge in [0.1, 0.15) is 24.5 Å². The highest BCUT2D eigenvalue weighted by Gasteiger charge is 2.20. The van der Waals surface area contributed by atoms with Crippen molar-refractivity contribution in [2.75, 3.05) is 38.1 Å². The maximum atomic E-state index is 9.38. The third-order valence-electron chi connectivity index (χ3n) is 5.32. The minimum atomic E-state index is 0.294. The molecule has 1 unspecified atom stereocenters. The van der Waals surface area contributed by atoms with Crippen molar-refractivity contribution in [2.45, 2.75) is 25.9 Å². The van der Waals surface area contributed by atoms with E-state index < -0.39 is 0 Å². The summed E-state index contributed by atoms with van der Waals surface area (Å²) in [7, 11) is 0. The molecular formula is C20H26N4O2. The number of rotatable bonds is 5. The Morgan fingerprint density at radius 1 is 1.27 bits per heavy atom. The second kappa shape index (κ2) is 8.01. The zero-order valence-corrected chi connectivity index (χ0v) is 15.0. The second-order valence-electron chi connectivity index (χ2n) is 7.14. The van der Waals surface area contributed by atoms with E-state index in [-0.39, 0.29) is 0 Å². The summed E-state index contributed by atoms with van der Waals surface area (Å²) in [5, 5.41) is 12.9. The third-order valence-corrected chi connectivity index (χ3v) is 5.32. The fourth-order valence-corrected chi connectivity index (χ4v) is 3.87. The van der Waals surface area contributed by atoms with Crippen LogP contribution < -0.4 is 10.1 Å². The quantitative estimate of drug-likeness (QED) is 0.857. The second-order valence-corrected chi connectivity index (χ2v) is 7.14. The molecule has 1 aromatic heterocycles. The van der Waals surface area contributed by atoms with Gasteiger partial charge in [-0.15, -0.1) is 0 Å². The molecule has 6 heteroatoms. The number of fused-ring (bicyclic) bond motifs is 2. The molecule has 0 radical (unpaired) electrons. The smallest absolute Gasteiger partial charge is 0.133 e. The van der Waals surface area contributed by atoms with E-state index in [1.807, 2.05) is 18.2 Å². The fraction of sp³-hybridized carbons (Fsp3) is 0.500. The average Bonchev–Trinajstić information content (AvgIpc) is 2.88. The van der Waals surface area contributed by atoms with E-state index in [9.17, 15) is 5.11 Å². The standard InChI is InChI=1S/C20H26N4O2/c25-12-15-4-3-8-24(11-15)9-7-21-20-17-10-16-5-1-2-6-19(16)26-13-18(17)22-14-23-20/h1-2,5-6,14-15,25H,3-4,7-13H2,(H,21,22,23). The SMILES string of the molecule is OCC1CCCN(CCNc2ncnc3c2Cc2ccccc2OC3)C1. The molecule has 6 nitrogen and oxygen atoms in total. The van der Waals surface area contributed by atoms with Gasteiger partial charge in [0, 0.05) is 38.2 Å². The van der Waals surface area contributed by atoms with Gasteiger partial charge in [-0.1, -0.05) is 18.2 Å². The van der Waals surface area contributed by atoms with Crippen molar-refractivity contribution in [2.24, 2.45) is 5.92 Å². The average molecular weight is 354 g/mol. The molecule has 0 amide bonds. The molecule has 2 aliphatic rings. The van der Waals surface area contributed by atoms with Crippen molar-refractivity contribution in [1.29, 1.82) is 0 Å². The van der Waals surface area contributed by atoms with Crippen molar-refractivity contribution in [1.82, 2.24) is 14.9 Å². The summed E-state index contributed by atoms with van der Waals surface area (Å²) in [6.07, 6.45) is 4.70. The minimum absolute atomic E-state index is 0.294. The lowest BCUT2D eigenvalue weighted by atomic mass is 9.99. The molecule has 138 valence electrons. The predicted molar refractivity (Wildman–Crippen MR) is 100 cm³/mol. The van der Waals surface area contributed by atoms with E-state index in [2.05, 4.69) is 26.3 Å². The van der Waals surface area contributed by atoms with Gasteiger partial charge in [-0.05, 0) is 36.9 Å². The molecule has 1 atom stereocenters. The number of nitrogens with zero attached hydrogens (tertiary/aromatic N) is 3. The maximum absolute atomic E-state index is 9.38. The number of ether oxygens (including phenoxy) is 1. The van der Waals surface area contributed by atoms with Gasteiger partial charge in [-0.25, -0.2) is 9.97 Å². The molecule has 1 saturated heterocycles. The van der Waals surface area contributed by atoms with E-state index in [1.54, 1.807) is 6.33 Å². The zero-order chi connectivity index (χ0) is 17.8. The van der Waals surface area contributed by atoms with Crippen LogP contribution in [-0.4, -0.2) is 52.8 Å². The highest BCUT2D eigenvalue weighted by Crippen LogP contribution is 2.30. The van der Waals surface area contributed by atoms with Gasteiger partial charge < -0.3 is 20.1 Å². The van der Waals surface area contributed by atoms with E-state index in [0.29, 0.717) is 19.1 Å². The van der Waals surface area contributed by atoms with Gasteiger partial charge in [0.2, 0.25) is 0 Å². The maximum Gasteiger partial charge on any atom is 0.133 e. The van der Waals surface area contributed by atoms with Gasteiger partial charge in [0.05, 0.1) is 5.69 Å². The first-order valence-corrected chi connectivity index (χ1v) is 9.44. The van der Waals surface area contributed by atoms with Crippen LogP contribution in [-0.2, 0) is 13.0 Å². The number of anilines is 1. The summed E-state index contributed by atoms with van der Waals surface area (Å²) in [5.74, 6) is 2.26. The van der Waals surface area contributed by atoms with Crippen LogP contribution in [0.5, 0.6) is 5.75 Å². The number of aliphatic hydroxyl groups excluding tert-OH is 1. The number of aliphatic hydroxyl groups is 1. The van der Waals surface area contributed by atoms with Crippen molar-refractivity contribution in [3.8, 4) is 5.75 Å². The molecule has 4 rings (SSSR count). The van der Waals surface area contributed by atoms with Gasteiger partial charge >= 0.3 is 0 Å². The molecule has 1 fully saturated rings. The molecule has 2 aromatic rings. The van der Waals surface area contributed by atoms with Crippen molar-refractivity contribution < 1.29 is 9.84 Å². The van der Waals surface area contributed by atoms with Crippen LogP contribution >= 0.6 is 0 Å². The van der Waals surface area contributed by atoms with Gasteiger partial charge in [-0.3, -0.25) is 0 Å². The Balaban J connectivity index is 1.42. The van der Waals surface area contributed by atoms with Crippen LogP contribution in [0.25, 0.3) is 0 Å². The van der Waals surface area contributed by atoms with E-state index in [4.69, 9.17) is 4.74 Å². The number of likely N-dealkylation sites (tertiary alicyclic amines) is 1. The number of para-hydroxylation sites is 1. The summed E-state index contributed by atoms with van der Waals surface area (Å²) in [5.41, 5.74) is 3.26. The van der Waals surface area contributed by atoms with Crippen molar-refractivity contribution in [3.05, 3.63) is 47.4 Å². The molecule has 26 heavy (non-hydrogen) atoms. The lowest BCUT2D eigenvalue weighted by molar-refractivity contribution is 0.123. The van der Waals surface area contributed by atoms with Crippen molar-refractivity contribution >= 4 is 5.82 Å². The van der Waals surface area contributed by atoms with Crippen LogP contribution in [0.4, 0.5) is 5.82 Å². The molecule has 0 aliphatic carbocycles. The highest BCUT2D eigenvalue weighted by atomic mass is 16.5. The number of nitrogens with one attached hydrogen (secondary N) is 1. The predicted octanol–water partition coefficient (Wildman–Crippen LogP) is 2.08. The number of hydrogen-bond acceptors (Lipinski definition) is 6. The number of aromatic nitrogens is 2. The Labute approximate surface area is 154 Å². The Morgan fingerprint density at radius 3 is 3.12 bits per heavy atom. The summed E-state index contributed by atoms with van der Waals surface area (Å²) in [4.78, 5) is 11.3. The van der Waals surface area contributed by atoms with Gasteiger partial charge in [-0.2, -0.15) is 0 Å². The molecule has 1 aromatic carbocycles. The summed E-state index contributed by atoms with van der Waals surface area (Å²) < 4.78 is 5.90. The fourth-order valence-electron chi connectivity index (χ4n) is 3.87. The summed E-state index contributed by atoms with van der Waals surface area (Å²) in [6, 6.07) is 8.15. The molecule has 3 heterocycles. The van der Waals surface area contributed by atoms with Crippen LogP contribution in [0, 0.1) is 5.92 Å². The van der Waals surface area contributed by atoms with Crippen molar-refractivity contribution in [3.63, 3.8) is 0 Å². The Hall–Kier alpha value is -2.18. The van der Waals surface area contributed by atoms with E-state index >= 15 is 0 Å². The largest absolute Gasteiger partial charge is 0.487 e. The van der Waals surface area contributed by atoms with E-state index in [0.717, 1.165) is 61.8 Å². The molecule has 0 spiro atoms. The Kier molecular flexibility index (Phi) is 5.32. The zero-order valence-electron chi connectivity index (χ0n) is 15.0. The number of hydrogen-bond donors (Lipinski definition) is 2. The lowest BCUT2D eigenvalue weighted by Gasteiger charge is -2.31. The summed E-state index contributed by atoms with van der Waals surface area (Å²) in [6.45, 7) is 4.67. The Bertz CT molecular complexity index is 752. The van der Waals surface area contributed by atoms with Crippen LogP contribution in [0.15, 0.2) is 30.6 Å². The molecule has 2 aliphatic heterocycles. The summed E-state index contributed by atoms with van der Waals surface area (Å²) >= 11 is 0. The van der Waals surface area contributed by atoms with Crippen LogP contribution in [0.3, 0.4) is 0 Å². The van der Waals surface area contributed by atoms with Gasteiger partial charge in [0.15, 0.2) is 0 Å². The topological polar surface area (TPSA) is 70.5 Å². The molecular weight excluding hydrogens is 328 g/mol. The van der Waals surface area contributed by atoms with Gasteiger partial charge in [0.25, 0.3) is 0 Å².